The van der Waals surface area contributed by atoms with Crippen LogP contribution in [0.4, 0.5) is 25.1 Å². The largest absolute Gasteiger partial charge is 0.586 e. The number of nitrogens with one attached hydrogen (secondary N) is 2. The topological polar surface area (TPSA) is 97.8 Å². The van der Waals surface area contributed by atoms with E-state index in [-0.39, 0.29) is 17.6 Å². The van der Waals surface area contributed by atoms with E-state index in [0.29, 0.717) is 37.1 Å². The Bertz CT molecular complexity index is 1020. The number of amides is 1. The second-order valence-corrected chi connectivity index (χ2v) is 9.39. The lowest BCUT2D eigenvalue weighted by Gasteiger charge is -2.33. The van der Waals surface area contributed by atoms with Gasteiger partial charge in [-0.05, 0) is 58.2 Å². The van der Waals surface area contributed by atoms with Gasteiger partial charge in [0, 0.05) is 37.5 Å². The van der Waals surface area contributed by atoms with Crippen molar-refractivity contribution in [1.82, 2.24) is 20.2 Å². The first-order valence-electron chi connectivity index (χ1n) is 11.2. The normalized spacial score (nSPS) is 17.5. The Hall–Kier alpha value is -3.21. The number of hydrogen-bond donors (Lipinski definition) is 2. The molecule has 3 heterocycles. The summed E-state index contributed by atoms with van der Waals surface area (Å²) in [6.07, 6.45) is -0.644. The number of alkyl halides is 2. The highest BCUT2D eigenvalue weighted by molar-refractivity contribution is 5.68. The van der Waals surface area contributed by atoms with E-state index in [9.17, 15) is 13.6 Å². The van der Waals surface area contributed by atoms with Crippen molar-refractivity contribution in [3.8, 4) is 11.5 Å². The number of rotatable bonds is 6. The molecule has 0 aliphatic carbocycles. The number of benzene rings is 1. The van der Waals surface area contributed by atoms with Crippen LogP contribution in [-0.4, -0.2) is 52.5 Å². The van der Waals surface area contributed by atoms with Gasteiger partial charge in [-0.25, -0.2) is 14.8 Å². The number of aromatic nitrogens is 2. The van der Waals surface area contributed by atoms with Crippen molar-refractivity contribution in [2.45, 2.75) is 52.1 Å². The van der Waals surface area contributed by atoms with E-state index in [1.54, 1.807) is 17.0 Å². The third-order valence-corrected chi connectivity index (χ3v) is 5.40. The number of nitrogens with zero attached hydrogens (tertiary/aromatic N) is 3. The number of ether oxygens (including phenoxy) is 3. The molecule has 4 rings (SSSR count). The smallest absolute Gasteiger partial charge is 0.444 e. The molecule has 0 bridgehead atoms. The quantitative estimate of drug-likeness (QED) is 0.636. The van der Waals surface area contributed by atoms with Crippen LogP contribution in [0.25, 0.3) is 0 Å². The maximum Gasteiger partial charge on any atom is 0.586 e. The molecule has 0 spiro atoms. The molecule has 0 saturated carbocycles. The Balaban J connectivity index is 1.23. The number of likely N-dealkylation sites (tertiary alicyclic amines) is 1. The molecule has 2 N–H and O–H groups in total. The van der Waals surface area contributed by atoms with Crippen LogP contribution >= 0.6 is 0 Å². The van der Waals surface area contributed by atoms with Crippen molar-refractivity contribution in [2.75, 3.05) is 25.0 Å². The maximum atomic E-state index is 13.2. The van der Waals surface area contributed by atoms with Crippen LogP contribution in [-0.2, 0) is 11.3 Å². The highest BCUT2D eigenvalue weighted by atomic mass is 19.3. The summed E-state index contributed by atoms with van der Waals surface area (Å²) in [5.41, 5.74) is 0.836. The van der Waals surface area contributed by atoms with Gasteiger partial charge in [0.25, 0.3) is 0 Å². The number of carbonyl (C=O) groups is 1. The van der Waals surface area contributed by atoms with Crippen molar-refractivity contribution in [3.63, 3.8) is 0 Å². The summed E-state index contributed by atoms with van der Waals surface area (Å²) in [5.74, 6) is 0.941. The predicted octanol–water partition coefficient (Wildman–Crippen LogP) is 4.28. The number of hydrogen-bond acceptors (Lipinski definition) is 8. The van der Waals surface area contributed by atoms with Crippen molar-refractivity contribution in [1.29, 1.82) is 0 Å². The third kappa shape index (κ3) is 6.43. The number of anilines is 2. The zero-order valence-corrected chi connectivity index (χ0v) is 19.4. The molecule has 1 aromatic carbocycles. The van der Waals surface area contributed by atoms with E-state index in [1.807, 2.05) is 20.8 Å². The Morgan fingerprint density at radius 3 is 2.65 bits per heavy atom. The molecular weight excluding hydrogens is 448 g/mol. The lowest BCUT2D eigenvalue weighted by Crippen LogP contribution is -2.43. The van der Waals surface area contributed by atoms with Gasteiger partial charge < -0.3 is 29.7 Å². The third-order valence-electron chi connectivity index (χ3n) is 5.40. The zero-order valence-electron chi connectivity index (χ0n) is 19.4. The molecule has 1 aromatic heterocycles. The van der Waals surface area contributed by atoms with Crippen LogP contribution in [0.5, 0.6) is 11.5 Å². The van der Waals surface area contributed by atoms with Crippen LogP contribution in [0, 0.1) is 5.92 Å². The van der Waals surface area contributed by atoms with E-state index in [1.165, 1.54) is 18.5 Å². The van der Waals surface area contributed by atoms with Gasteiger partial charge >= 0.3 is 12.4 Å². The molecule has 11 heteroatoms. The molecule has 0 radical (unpaired) electrons. The molecule has 2 aromatic rings. The summed E-state index contributed by atoms with van der Waals surface area (Å²) < 4.78 is 40.7. The highest BCUT2D eigenvalue weighted by Crippen LogP contribution is 2.42. The van der Waals surface area contributed by atoms with Gasteiger partial charge in [-0.3, -0.25) is 0 Å². The second-order valence-electron chi connectivity index (χ2n) is 9.39. The molecule has 2 aliphatic heterocycles. The minimum absolute atomic E-state index is 0.0138. The molecule has 34 heavy (non-hydrogen) atoms. The minimum Gasteiger partial charge on any atom is -0.444 e. The fourth-order valence-corrected chi connectivity index (χ4v) is 3.79. The van der Waals surface area contributed by atoms with Crippen LogP contribution in [0.2, 0.25) is 0 Å². The van der Waals surface area contributed by atoms with E-state index < -0.39 is 11.9 Å². The highest BCUT2D eigenvalue weighted by Gasteiger charge is 2.43. The fraction of sp³-hybridized carbons (Fsp3) is 0.522. The maximum absolute atomic E-state index is 13.2. The van der Waals surface area contributed by atoms with Crippen LogP contribution in [0.3, 0.4) is 0 Å². The standard InChI is InChI=1S/C23H29F2N5O4/c1-22(2,3)34-21(31)30-8-6-15(7-9-30)12-26-13-17-11-20(28-14-27-17)29-16-4-5-18-19(10-16)33-23(24,25)32-18/h4-5,10-11,14-15,26H,6-9,12-13H2,1-3H3,(H,27,28,29). The summed E-state index contributed by atoms with van der Waals surface area (Å²) in [6.45, 7) is 8.33. The lowest BCUT2D eigenvalue weighted by atomic mass is 9.97. The van der Waals surface area contributed by atoms with Crippen molar-refractivity contribution in [3.05, 3.63) is 36.3 Å². The first-order valence-corrected chi connectivity index (χ1v) is 11.2. The monoisotopic (exact) mass is 477 g/mol. The van der Waals surface area contributed by atoms with Crippen molar-refractivity contribution >= 4 is 17.6 Å². The number of fused-ring (bicyclic) bond motifs is 1. The SMILES string of the molecule is CC(C)(C)OC(=O)N1CCC(CNCc2cc(Nc3ccc4c(c3)OC(F)(F)O4)ncn2)CC1. The van der Waals surface area contributed by atoms with E-state index in [4.69, 9.17) is 4.74 Å². The summed E-state index contributed by atoms with van der Waals surface area (Å²) in [4.78, 5) is 22.4. The second kappa shape index (κ2) is 9.57. The van der Waals surface area contributed by atoms with Gasteiger partial charge in [-0.1, -0.05) is 0 Å². The van der Waals surface area contributed by atoms with Crippen LogP contribution in [0.15, 0.2) is 30.6 Å². The predicted molar refractivity (Wildman–Crippen MR) is 120 cm³/mol. The number of carbonyl (C=O) groups excluding carboxylic acids is 1. The first-order chi connectivity index (χ1) is 16.1. The molecule has 1 saturated heterocycles. The molecule has 184 valence electrons. The number of halogens is 2. The van der Waals surface area contributed by atoms with Gasteiger partial charge in [0.2, 0.25) is 0 Å². The molecule has 2 aliphatic rings. The minimum atomic E-state index is -3.65. The Kier molecular flexibility index (Phi) is 6.74. The van der Waals surface area contributed by atoms with Gasteiger partial charge in [-0.15, -0.1) is 8.78 Å². The molecule has 9 nitrogen and oxygen atoms in total. The van der Waals surface area contributed by atoms with E-state index in [2.05, 4.69) is 30.1 Å². The van der Waals surface area contributed by atoms with Gasteiger partial charge in [0.05, 0.1) is 5.69 Å². The van der Waals surface area contributed by atoms with Crippen molar-refractivity contribution < 1.29 is 27.8 Å². The molecule has 1 fully saturated rings. The summed E-state index contributed by atoms with van der Waals surface area (Å²) in [5, 5.41) is 6.48. The summed E-state index contributed by atoms with van der Waals surface area (Å²) in [7, 11) is 0. The molecule has 0 atom stereocenters. The van der Waals surface area contributed by atoms with Gasteiger partial charge in [-0.2, -0.15) is 0 Å². The zero-order chi connectivity index (χ0) is 24.3. The Morgan fingerprint density at radius 2 is 1.91 bits per heavy atom. The Morgan fingerprint density at radius 1 is 1.18 bits per heavy atom. The lowest BCUT2D eigenvalue weighted by molar-refractivity contribution is -0.286. The van der Waals surface area contributed by atoms with E-state index in [0.717, 1.165) is 25.1 Å². The molecular formula is C23H29F2N5O4. The van der Waals surface area contributed by atoms with Gasteiger partial charge in [0.1, 0.15) is 17.7 Å². The summed E-state index contributed by atoms with van der Waals surface area (Å²) in [6, 6.07) is 6.24. The van der Waals surface area contributed by atoms with E-state index >= 15 is 0 Å². The molecule has 1 amide bonds. The van der Waals surface area contributed by atoms with Crippen LogP contribution < -0.4 is 20.1 Å². The van der Waals surface area contributed by atoms with Crippen LogP contribution in [0.1, 0.15) is 39.3 Å². The average molecular weight is 478 g/mol. The van der Waals surface area contributed by atoms with Crippen molar-refractivity contribution in [2.24, 2.45) is 5.92 Å². The van der Waals surface area contributed by atoms with Gasteiger partial charge in [0.15, 0.2) is 11.5 Å². The Labute approximate surface area is 196 Å². The molecule has 0 unspecified atom stereocenters. The fourth-order valence-electron chi connectivity index (χ4n) is 3.79. The number of piperidine rings is 1. The average Bonchev–Trinajstić information content (AvgIpc) is 3.06. The summed E-state index contributed by atoms with van der Waals surface area (Å²) >= 11 is 0. The first kappa shape index (κ1) is 23.9.